The molecular weight excluding hydrogens is 174 g/mol. The van der Waals surface area contributed by atoms with E-state index in [4.69, 9.17) is 5.73 Å². The van der Waals surface area contributed by atoms with Crippen LogP contribution in [0.25, 0.3) is 0 Å². The molecule has 0 aromatic heterocycles. The third-order valence-electron chi connectivity index (χ3n) is 5.05. The van der Waals surface area contributed by atoms with Gasteiger partial charge in [-0.2, -0.15) is 0 Å². The molecule has 2 unspecified atom stereocenters. The van der Waals surface area contributed by atoms with E-state index in [1.165, 1.54) is 0 Å². The van der Waals surface area contributed by atoms with E-state index in [1.807, 2.05) is 6.92 Å². The molecule has 2 saturated carbocycles. The summed E-state index contributed by atoms with van der Waals surface area (Å²) in [6, 6.07) is 0. The van der Waals surface area contributed by atoms with Crippen molar-refractivity contribution < 1.29 is 5.11 Å². The molecule has 2 fully saturated rings. The van der Waals surface area contributed by atoms with Crippen molar-refractivity contribution >= 4 is 0 Å². The number of nitrogens with two attached hydrogens (primary N) is 1. The lowest BCUT2D eigenvalue weighted by molar-refractivity contribution is -0.114. The molecule has 82 valence electrons. The Morgan fingerprint density at radius 3 is 2.14 bits per heavy atom. The van der Waals surface area contributed by atoms with E-state index < -0.39 is 5.60 Å². The standard InChI is InChI=1S/C12H23NO/c1-9-7-12(13,8-9)10(2)5-4-6-11(10,3)14/h9,14H,4-8,13H2,1-3H3. The number of aliphatic hydroxyl groups is 1. The summed E-state index contributed by atoms with van der Waals surface area (Å²) in [5, 5.41) is 10.4. The zero-order valence-corrected chi connectivity index (χ0v) is 9.64. The Kier molecular flexibility index (Phi) is 2.04. The summed E-state index contributed by atoms with van der Waals surface area (Å²) in [4.78, 5) is 0. The van der Waals surface area contributed by atoms with Crippen LogP contribution in [0.2, 0.25) is 0 Å². The minimum atomic E-state index is -0.554. The van der Waals surface area contributed by atoms with Gasteiger partial charge in [0.1, 0.15) is 0 Å². The minimum absolute atomic E-state index is 0.0630. The fraction of sp³-hybridized carbons (Fsp3) is 1.00. The fourth-order valence-electron chi connectivity index (χ4n) is 3.75. The molecule has 2 atom stereocenters. The van der Waals surface area contributed by atoms with Gasteiger partial charge in [0.25, 0.3) is 0 Å². The molecule has 0 aromatic carbocycles. The average Bonchev–Trinajstić information content (AvgIpc) is 2.25. The smallest absolute Gasteiger partial charge is 0.0690 e. The highest BCUT2D eigenvalue weighted by atomic mass is 16.3. The Morgan fingerprint density at radius 1 is 1.21 bits per heavy atom. The summed E-state index contributed by atoms with van der Waals surface area (Å²) in [6.45, 7) is 6.40. The second-order valence-corrected chi connectivity index (χ2v) is 6.13. The summed E-state index contributed by atoms with van der Waals surface area (Å²) in [5.74, 6) is 0.744. The molecule has 0 aliphatic heterocycles. The molecule has 2 aliphatic rings. The number of hydrogen-bond acceptors (Lipinski definition) is 2. The highest BCUT2D eigenvalue weighted by molar-refractivity contribution is 5.16. The maximum absolute atomic E-state index is 10.4. The zero-order chi connectivity index (χ0) is 10.6. The van der Waals surface area contributed by atoms with E-state index in [2.05, 4.69) is 13.8 Å². The molecule has 2 aliphatic carbocycles. The van der Waals surface area contributed by atoms with Gasteiger partial charge in [0.15, 0.2) is 0 Å². The molecule has 2 rings (SSSR count). The summed E-state index contributed by atoms with van der Waals surface area (Å²) >= 11 is 0. The van der Waals surface area contributed by atoms with Gasteiger partial charge in [0.05, 0.1) is 5.60 Å². The van der Waals surface area contributed by atoms with Gasteiger partial charge in [0, 0.05) is 11.0 Å². The zero-order valence-electron chi connectivity index (χ0n) is 9.64. The number of rotatable bonds is 1. The Hall–Kier alpha value is -0.0800. The molecule has 0 radical (unpaired) electrons. The van der Waals surface area contributed by atoms with Crippen molar-refractivity contribution in [2.45, 2.75) is 64.0 Å². The van der Waals surface area contributed by atoms with Crippen molar-refractivity contribution in [3.05, 3.63) is 0 Å². The number of hydrogen-bond donors (Lipinski definition) is 2. The molecule has 0 bridgehead atoms. The Balaban J connectivity index is 2.24. The van der Waals surface area contributed by atoms with E-state index in [9.17, 15) is 5.11 Å². The van der Waals surface area contributed by atoms with Gasteiger partial charge in [0.2, 0.25) is 0 Å². The Labute approximate surface area is 86.9 Å². The lowest BCUT2D eigenvalue weighted by Crippen LogP contribution is -2.67. The van der Waals surface area contributed by atoms with Crippen LogP contribution in [0.1, 0.15) is 52.9 Å². The van der Waals surface area contributed by atoms with Crippen LogP contribution < -0.4 is 5.73 Å². The SMILES string of the molecule is CC1CC(N)(C2(C)CCCC2(C)O)C1. The first-order valence-electron chi connectivity index (χ1n) is 5.82. The molecule has 14 heavy (non-hydrogen) atoms. The first kappa shape index (κ1) is 10.4. The van der Waals surface area contributed by atoms with E-state index in [-0.39, 0.29) is 11.0 Å². The van der Waals surface area contributed by atoms with Crippen molar-refractivity contribution in [1.82, 2.24) is 0 Å². The highest BCUT2D eigenvalue weighted by Crippen LogP contribution is 2.59. The van der Waals surface area contributed by atoms with Gasteiger partial charge >= 0.3 is 0 Å². The van der Waals surface area contributed by atoms with Gasteiger partial charge in [-0.05, 0) is 44.9 Å². The summed E-state index contributed by atoms with van der Waals surface area (Å²) < 4.78 is 0. The highest BCUT2D eigenvalue weighted by Gasteiger charge is 2.61. The van der Waals surface area contributed by atoms with Crippen LogP contribution in [0.4, 0.5) is 0 Å². The summed E-state index contributed by atoms with van der Waals surface area (Å²) in [6.07, 6.45) is 5.29. The molecule has 3 N–H and O–H groups in total. The van der Waals surface area contributed by atoms with E-state index in [0.29, 0.717) is 0 Å². The maximum atomic E-state index is 10.4. The van der Waals surface area contributed by atoms with Crippen molar-refractivity contribution in [2.24, 2.45) is 17.1 Å². The van der Waals surface area contributed by atoms with Crippen LogP contribution in [0.5, 0.6) is 0 Å². The third kappa shape index (κ3) is 1.10. The lowest BCUT2D eigenvalue weighted by Gasteiger charge is -2.58. The topological polar surface area (TPSA) is 46.2 Å². The van der Waals surface area contributed by atoms with Crippen molar-refractivity contribution in [3.63, 3.8) is 0 Å². The van der Waals surface area contributed by atoms with Gasteiger partial charge in [-0.1, -0.05) is 13.8 Å². The van der Waals surface area contributed by atoms with Crippen molar-refractivity contribution in [2.75, 3.05) is 0 Å². The van der Waals surface area contributed by atoms with Crippen LogP contribution in [0, 0.1) is 11.3 Å². The molecule has 0 heterocycles. The predicted molar refractivity (Wildman–Crippen MR) is 57.9 cm³/mol. The van der Waals surface area contributed by atoms with Gasteiger partial charge in [-0.15, -0.1) is 0 Å². The van der Waals surface area contributed by atoms with E-state index in [1.54, 1.807) is 0 Å². The van der Waals surface area contributed by atoms with Crippen LogP contribution in [-0.4, -0.2) is 16.2 Å². The molecule has 0 amide bonds. The van der Waals surface area contributed by atoms with E-state index >= 15 is 0 Å². The average molecular weight is 197 g/mol. The normalized spacial score (nSPS) is 58.5. The second-order valence-electron chi connectivity index (χ2n) is 6.13. The van der Waals surface area contributed by atoms with Crippen molar-refractivity contribution in [3.8, 4) is 0 Å². The van der Waals surface area contributed by atoms with Crippen LogP contribution in [0.3, 0.4) is 0 Å². The lowest BCUT2D eigenvalue weighted by atomic mass is 9.52. The molecule has 0 saturated heterocycles. The first-order valence-corrected chi connectivity index (χ1v) is 5.82. The molecule has 2 heteroatoms. The quantitative estimate of drug-likeness (QED) is 0.676. The van der Waals surface area contributed by atoms with Crippen LogP contribution in [-0.2, 0) is 0 Å². The monoisotopic (exact) mass is 197 g/mol. The van der Waals surface area contributed by atoms with Crippen LogP contribution in [0.15, 0.2) is 0 Å². The van der Waals surface area contributed by atoms with Crippen LogP contribution >= 0.6 is 0 Å². The maximum Gasteiger partial charge on any atom is 0.0690 e. The largest absolute Gasteiger partial charge is 0.390 e. The van der Waals surface area contributed by atoms with Gasteiger partial charge in [-0.25, -0.2) is 0 Å². The first-order chi connectivity index (χ1) is 6.31. The summed E-state index contributed by atoms with van der Waals surface area (Å²) in [7, 11) is 0. The third-order valence-corrected chi connectivity index (χ3v) is 5.05. The van der Waals surface area contributed by atoms with E-state index in [0.717, 1.165) is 38.0 Å². The van der Waals surface area contributed by atoms with Gasteiger partial charge < -0.3 is 10.8 Å². The fourth-order valence-corrected chi connectivity index (χ4v) is 3.75. The molecule has 0 spiro atoms. The van der Waals surface area contributed by atoms with Crippen molar-refractivity contribution in [1.29, 1.82) is 0 Å². The Morgan fingerprint density at radius 2 is 1.79 bits per heavy atom. The molecular formula is C12H23NO. The second kappa shape index (κ2) is 2.73. The predicted octanol–water partition coefficient (Wildman–Crippen LogP) is 2.05. The Bertz CT molecular complexity index is 243. The minimum Gasteiger partial charge on any atom is -0.390 e. The molecule has 0 aromatic rings. The summed E-state index contributed by atoms with van der Waals surface area (Å²) in [5.41, 5.74) is 5.73. The van der Waals surface area contributed by atoms with Gasteiger partial charge in [-0.3, -0.25) is 0 Å². The molecule has 2 nitrogen and oxygen atoms in total.